The number of phenolic OH excluding ortho intramolecular Hbond substituents is 1. The van der Waals surface area contributed by atoms with E-state index in [1.165, 1.54) is 0 Å². The van der Waals surface area contributed by atoms with Crippen LogP contribution in [0.1, 0.15) is 24.0 Å². The minimum Gasteiger partial charge on any atom is -0.508 e. The monoisotopic (exact) mass is 524 g/mol. The van der Waals surface area contributed by atoms with Crippen LogP contribution < -0.4 is 10.6 Å². The summed E-state index contributed by atoms with van der Waals surface area (Å²) in [4.78, 5) is 39.8. The molecular formula is C27H25ClN2O7. The second-order valence-corrected chi connectivity index (χ2v) is 10.4. The number of primary amides is 1. The molecule has 0 spiro atoms. The molecule has 1 amide bonds. The average molecular weight is 525 g/mol. The third-order valence-corrected chi connectivity index (χ3v) is 7.89. The number of nitrogens with two attached hydrogens (primary N) is 1. The first-order valence-electron chi connectivity index (χ1n) is 11.7. The molecule has 3 unspecified atom stereocenters. The molecule has 10 heteroatoms. The number of nitrogens with zero attached hydrogens (tertiary/aromatic N) is 1. The van der Waals surface area contributed by atoms with Crippen molar-refractivity contribution in [3.05, 3.63) is 63.4 Å². The first-order chi connectivity index (χ1) is 17.4. The molecule has 0 heterocycles. The molecule has 0 saturated heterocycles. The molecule has 6 N–H and O–H groups in total. The Bertz CT molecular complexity index is 1480. The van der Waals surface area contributed by atoms with Crippen LogP contribution in [0, 0.1) is 11.8 Å². The Labute approximate surface area is 217 Å². The number of benzene rings is 2. The smallest absolute Gasteiger partial charge is 0.255 e. The van der Waals surface area contributed by atoms with Crippen LogP contribution in [0.5, 0.6) is 5.75 Å². The fourth-order valence-corrected chi connectivity index (χ4v) is 6.13. The Morgan fingerprint density at radius 1 is 1.14 bits per heavy atom. The van der Waals surface area contributed by atoms with E-state index in [0.717, 1.165) is 0 Å². The average Bonchev–Trinajstić information content (AvgIpc) is 2.81. The van der Waals surface area contributed by atoms with Gasteiger partial charge < -0.3 is 31.1 Å². The summed E-state index contributed by atoms with van der Waals surface area (Å²) >= 11 is 6.16. The van der Waals surface area contributed by atoms with Crippen molar-refractivity contribution in [2.45, 2.75) is 24.9 Å². The summed E-state index contributed by atoms with van der Waals surface area (Å²) in [7, 11) is 3.62. The van der Waals surface area contributed by atoms with Gasteiger partial charge in [-0.25, -0.2) is 0 Å². The van der Waals surface area contributed by atoms with Crippen LogP contribution in [-0.2, 0) is 20.8 Å². The van der Waals surface area contributed by atoms with E-state index in [0.29, 0.717) is 27.4 Å². The van der Waals surface area contributed by atoms with E-state index in [1.807, 2.05) is 19.0 Å². The van der Waals surface area contributed by atoms with Gasteiger partial charge in [-0.1, -0.05) is 23.7 Å². The molecular weight excluding hydrogens is 500 g/mol. The van der Waals surface area contributed by atoms with E-state index in [-0.39, 0.29) is 36.1 Å². The van der Waals surface area contributed by atoms with E-state index >= 15 is 0 Å². The quantitative estimate of drug-likeness (QED) is 0.383. The maximum absolute atomic E-state index is 13.7. The standard InChI is InChI=1S/C27H25ClN2O7/c1-30(2)17-10-15(11-4-3-5-14(28)7-11)22(32)20-16(17)8-12-6-13-9-18(31)21(26(29)36)25(35)27(13,37)24(34)19(12)23(20)33/h3-5,7,10,12-13,32-33,35,37H,6,8-9H2,1-2H3,(H2,29,36). The summed E-state index contributed by atoms with van der Waals surface area (Å²) in [6.07, 6.45) is -0.0562. The maximum Gasteiger partial charge on any atom is 0.255 e. The van der Waals surface area contributed by atoms with Gasteiger partial charge in [-0.3, -0.25) is 14.4 Å². The van der Waals surface area contributed by atoms with E-state index in [9.17, 15) is 34.8 Å². The number of fused-ring (bicyclic) bond motifs is 3. The fraction of sp³-hybridized carbons (Fsp3) is 0.296. The Morgan fingerprint density at radius 3 is 2.46 bits per heavy atom. The maximum atomic E-state index is 13.7. The third kappa shape index (κ3) is 3.45. The van der Waals surface area contributed by atoms with Crippen molar-refractivity contribution in [2.24, 2.45) is 17.6 Å². The van der Waals surface area contributed by atoms with Crippen LogP contribution in [0.2, 0.25) is 5.02 Å². The summed E-state index contributed by atoms with van der Waals surface area (Å²) in [5.41, 5.74) is 3.92. The van der Waals surface area contributed by atoms with Gasteiger partial charge in [-0.05, 0) is 48.1 Å². The molecule has 37 heavy (non-hydrogen) atoms. The number of aromatic hydroxyl groups is 1. The molecule has 1 saturated carbocycles. The van der Waals surface area contributed by atoms with Crippen LogP contribution >= 0.6 is 11.6 Å². The molecule has 192 valence electrons. The summed E-state index contributed by atoms with van der Waals surface area (Å²) in [5, 5.41) is 45.3. The number of phenols is 1. The number of aliphatic hydroxyl groups is 3. The molecule has 3 aliphatic carbocycles. The third-order valence-electron chi connectivity index (χ3n) is 7.66. The van der Waals surface area contributed by atoms with Crippen molar-refractivity contribution >= 4 is 40.5 Å². The molecule has 3 aliphatic rings. The molecule has 0 radical (unpaired) electrons. The number of carbonyl (C=O) groups excluding carboxylic acids is 3. The van der Waals surface area contributed by atoms with E-state index in [4.69, 9.17) is 17.3 Å². The number of anilines is 1. The zero-order valence-corrected chi connectivity index (χ0v) is 20.8. The molecule has 2 aromatic carbocycles. The number of aliphatic hydroxyl groups excluding tert-OH is 2. The highest BCUT2D eigenvalue weighted by Crippen LogP contribution is 2.54. The Hall–Kier alpha value is -3.82. The van der Waals surface area contributed by atoms with Gasteiger partial charge in [0.1, 0.15) is 22.8 Å². The molecule has 0 bridgehead atoms. The molecule has 9 nitrogen and oxygen atoms in total. The Balaban J connectivity index is 1.76. The summed E-state index contributed by atoms with van der Waals surface area (Å²) in [5.74, 6) is -6.55. The lowest BCUT2D eigenvalue weighted by atomic mass is 9.59. The van der Waals surface area contributed by atoms with Crippen LogP contribution in [0.4, 0.5) is 5.69 Å². The van der Waals surface area contributed by atoms with Gasteiger partial charge in [0.05, 0.1) is 5.56 Å². The van der Waals surface area contributed by atoms with Gasteiger partial charge in [0.2, 0.25) is 5.78 Å². The number of carbonyl (C=O) groups is 3. The minimum atomic E-state index is -2.60. The largest absolute Gasteiger partial charge is 0.508 e. The summed E-state index contributed by atoms with van der Waals surface area (Å²) in [6.45, 7) is 0. The number of Topliss-reactive ketones (excluding diaryl/α,β-unsaturated/α-hetero) is 2. The molecule has 2 aromatic rings. The SMILES string of the molecule is CN(C)c1cc(-c2cccc(Cl)c2)c(O)c2c1CC1CC3CC(=O)C(C(N)=O)=C(O)C3(O)C(=O)C1=C2O. The van der Waals surface area contributed by atoms with Gasteiger partial charge in [0, 0.05) is 48.3 Å². The van der Waals surface area contributed by atoms with Crippen molar-refractivity contribution in [1.82, 2.24) is 0 Å². The number of hydrogen-bond acceptors (Lipinski definition) is 8. The van der Waals surface area contributed by atoms with Crippen LogP contribution in [0.3, 0.4) is 0 Å². The van der Waals surface area contributed by atoms with Crippen LogP contribution in [0.25, 0.3) is 16.9 Å². The van der Waals surface area contributed by atoms with Crippen LogP contribution in [0.15, 0.2) is 47.2 Å². The number of ketones is 2. The summed E-state index contributed by atoms with van der Waals surface area (Å²) < 4.78 is 0. The van der Waals surface area contributed by atoms with Crippen molar-refractivity contribution < 1.29 is 34.8 Å². The van der Waals surface area contributed by atoms with Gasteiger partial charge in [0.15, 0.2) is 11.4 Å². The van der Waals surface area contributed by atoms with Crippen LogP contribution in [-0.4, -0.2) is 57.6 Å². The van der Waals surface area contributed by atoms with Crippen molar-refractivity contribution in [3.8, 4) is 16.9 Å². The lowest BCUT2D eigenvalue weighted by Crippen LogP contribution is -2.58. The van der Waals surface area contributed by atoms with Gasteiger partial charge in [-0.15, -0.1) is 0 Å². The topological polar surface area (TPSA) is 161 Å². The number of hydrogen-bond donors (Lipinski definition) is 5. The fourth-order valence-electron chi connectivity index (χ4n) is 5.94. The van der Waals surface area contributed by atoms with E-state index in [2.05, 4.69) is 0 Å². The van der Waals surface area contributed by atoms with E-state index < -0.39 is 52.0 Å². The van der Waals surface area contributed by atoms with Crippen molar-refractivity contribution in [1.29, 1.82) is 0 Å². The summed E-state index contributed by atoms with van der Waals surface area (Å²) in [6, 6.07) is 8.58. The van der Waals surface area contributed by atoms with Crippen molar-refractivity contribution in [3.63, 3.8) is 0 Å². The highest BCUT2D eigenvalue weighted by molar-refractivity contribution is 6.30. The lowest BCUT2D eigenvalue weighted by molar-refractivity contribution is -0.147. The minimum absolute atomic E-state index is 0.0355. The zero-order valence-electron chi connectivity index (χ0n) is 20.1. The Morgan fingerprint density at radius 2 is 1.84 bits per heavy atom. The van der Waals surface area contributed by atoms with Gasteiger partial charge >= 0.3 is 0 Å². The predicted molar refractivity (Wildman–Crippen MR) is 136 cm³/mol. The predicted octanol–water partition coefficient (Wildman–Crippen LogP) is 2.81. The van der Waals surface area contributed by atoms with E-state index in [1.54, 1.807) is 30.3 Å². The molecule has 5 rings (SSSR count). The molecule has 1 fully saturated rings. The molecule has 3 atom stereocenters. The van der Waals surface area contributed by atoms with Gasteiger partial charge in [-0.2, -0.15) is 0 Å². The van der Waals surface area contributed by atoms with Crippen molar-refractivity contribution in [2.75, 3.05) is 19.0 Å². The zero-order chi connectivity index (χ0) is 27.0. The highest BCUT2D eigenvalue weighted by Gasteiger charge is 2.60. The van der Waals surface area contributed by atoms with Gasteiger partial charge in [0.25, 0.3) is 5.91 Å². The second kappa shape index (κ2) is 8.36. The normalized spacial score (nSPS) is 25.0. The number of amides is 1. The second-order valence-electron chi connectivity index (χ2n) is 9.96. The highest BCUT2D eigenvalue weighted by atomic mass is 35.5. The number of halogens is 1. The molecule has 0 aliphatic heterocycles. The lowest BCUT2D eigenvalue weighted by Gasteiger charge is -2.46. The first kappa shape index (κ1) is 24.9. The number of rotatable bonds is 3. The molecule has 0 aromatic heterocycles. The Kier molecular flexibility index (Phi) is 5.61. The first-order valence-corrected chi connectivity index (χ1v) is 12.0.